The van der Waals surface area contributed by atoms with E-state index >= 15 is 0 Å². The molecule has 0 saturated carbocycles. The number of carbonyl (C=O) groups excluding carboxylic acids is 3. The van der Waals surface area contributed by atoms with Crippen LogP contribution in [0.3, 0.4) is 0 Å². The summed E-state index contributed by atoms with van der Waals surface area (Å²) >= 11 is 0. The Labute approximate surface area is 144 Å². The number of carbonyl (C=O) groups is 5. The number of amides is 3. The van der Waals surface area contributed by atoms with E-state index < -0.39 is 60.8 Å². The highest BCUT2D eigenvalue weighted by Gasteiger charge is 2.26. The van der Waals surface area contributed by atoms with Crippen LogP contribution in [0.2, 0.25) is 0 Å². The average Bonchev–Trinajstić information content (AvgIpc) is 2.48. The Morgan fingerprint density at radius 1 is 0.960 bits per heavy atom. The van der Waals surface area contributed by atoms with E-state index in [2.05, 4.69) is 16.0 Å². The molecule has 142 valence electrons. The Bertz CT molecular complexity index is 533. The molecule has 0 fully saturated rings. The first-order valence-electron chi connectivity index (χ1n) is 7.53. The lowest BCUT2D eigenvalue weighted by Gasteiger charge is -2.20. The molecule has 0 aromatic heterocycles. The van der Waals surface area contributed by atoms with Gasteiger partial charge in [0.15, 0.2) is 0 Å². The van der Waals surface area contributed by atoms with Gasteiger partial charge in [-0.2, -0.15) is 0 Å². The zero-order valence-electron chi connectivity index (χ0n) is 14.2. The minimum Gasteiger partial charge on any atom is -0.481 e. The van der Waals surface area contributed by atoms with Crippen molar-refractivity contribution in [2.45, 2.75) is 45.3 Å². The summed E-state index contributed by atoms with van der Waals surface area (Å²) in [5.74, 6) is -5.31. The highest BCUT2D eigenvalue weighted by Crippen LogP contribution is 2.01. The molecule has 3 unspecified atom stereocenters. The quantitative estimate of drug-likeness (QED) is 0.249. The molecule has 0 aromatic rings. The fourth-order valence-corrected chi connectivity index (χ4v) is 1.72. The van der Waals surface area contributed by atoms with Gasteiger partial charge in [-0.3, -0.25) is 19.2 Å². The molecule has 7 N–H and O–H groups in total. The zero-order chi connectivity index (χ0) is 19.7. The maximum absolute atomic E-state index is 12.0. The maximum atomic E-state index is 12.0. The number of carboxylic acid groups (broad SMARTS) is 2. The highest BCUT2D eigenvalue weighted by atomic mass is 16.4. The molecular weight excluding hydrogens is 336 g/mol. The van der Waals surface area contributed by atoms with Crippen molar-refractivity contribution in [3.63, 3.8) is 0 Å². The molecular formula is C14H24N4O7. The molecule has 3 atom stereocenters. The zero-order valence-corrected chi connectivity index (χ0v) is 14.2. The van der Waals surface area contributed by atoms with Gasteiger partial charge < -0.3 is 31.9 Å². The molecule has 0 aliphatic heterocycles. The molecule has 0 aliphatic rings. The van der Waals surface area contributed by atoms with Gasteiger partial charge in [-0.05, 0) is 12.8 Å². The van der Waals surface area contributed by atoms with Crippen LogP contribution in [0.25, 0.3) is 0 Å². The molecule has 0 rings (SSSR count). The number of nitrogens with two attached hydrogens (primary N) is 1. The van der Waals surface area contributed by atoms with Gasteiger partial charge in [0.1, 0.15) is 12.1 Å². The Morgan fingerprint density at radius 2 is 1.52 bits per heavy atom. The maximum Gasteiger partial charge on any atom is 0.326 e. The summed E-state index contributed by atoms with van der Waals surface area (Å²) in [7, 11) is 0. The standard InChI is InChI=1S/C14H24N4O7/c1-6(2)11(14(24)25)18-9(19)5-16-13(23)8(4-10(20)21)17-12(22)7(3)15/h6-8,11H,4-5,15H2,1-3H3,(H,16,23)(H,17,22)(H,18,19)(H,20,21)(H,24,25). The van der Waals surface area contributed by atoms with Crippen LogP contribution in [0.4, 0.5) is 0 Å². The second kappa shape index (κ2) is 10.2. The Hall–Kier alpha value is -2.69. The molecule has 0 aliphatic carbocycles. The summed E-state index contributed by atoms with van der Waals surface area (Å²) < 4.78 is 0. The predicted octanol–water partition coefficient (Wildman–Crippen LogP) is -2.37. The van der Waals surface area contributed by atoms with Crippen molar-refractivity contribution < 1.29 is 34.2 Å². The van der Waals surface area contributed by atoms with Gasteiger partial charge in [0.05, 0.1) is 19.0 Å². The summed E-state index contributed by atoms with van der Waals surface area (Å²) in [5, 5.41) is 24.3. The van der Waals surface area contributed by atoms with Gasteiger partial charge in [0, 0.05) is 0 Å². The molecule has 0 saturated heterocycles. The SMILES string of the molecule is CC(N)C(=O)NC(CC(=O)O)C(=O)NCC(=O)NC(C(=O)O)C(C)C. The van der Waals surface area contributed by atoms with Gasteiger partial charge in [-0.1, -0.05) is 13.8 Å². The van der Waals surface area contributed by atoms with Crippen LogP contribution in [-0.2, 0) is 24.0 Å². The highest BCUT2D eigenvalue weighted by molar-refractivity contribution is 5.94. The number of hydrogen-bond acceptors (Lipinski definition) is 6. The Kier molecular flexibility index (Phi) is 9.13. The summed E-state index contributed by atoms with van der Waals surface area (Å²) in [6.45, 7) is 3.99. The molecule has 11 nitrogen and oxygen atoms in total. The summed E-state index contributed by atoms with van der Waals surface area (Å²) in [5.41, 5.74) is 5.34. The van der Waals surface area contributed by atoms with E-state index in [1.807, 2.05) is 0 Å². The topological polar surface area (TPSA) is 188 Å². The molecule has 25 heavy (non-hydrogen) atoms. The van der Waals surface area contributed by atoms with E-state index in [-0.39, 0.29) is 5.92 Å². The van der Waals surface area contributed by atoms with Crippen LogP contribution in [-0.4, -0.2) is 64.5 Å². The number of carboxylic acids is 2. The first-order chi connectivity index (χ1) is 11.5. The van der Waals surface area contributed by atoms with Crippen LogP contribution in [0.5, 0.6) is 0 Å². The smallest absolute Gasteiger partial charge is 0.326 e. The summed E-state index contributed by atoms with van der Waals surface area (Å²) in [6.07, 6.45) is -0.699. The minimum absolute atomic E-state index is 0.373. The van der Waals surface area contributed by atoms with Gasteiger partial charge >= 0.3 is 11.9 Å². The van der Waals surface area contributed by atoms with Crippen LogP contribution in [0.15, 0.2) is 0 Å². The molecule has 3 amide bonds. The van der Waals surface area contributed by atoms with Crippen LogP contribution in [0.1, 0.15) is 27.2 Å². The van der Waals surface area contributed by atoms with Gasteiger partial charge in [0.25, 0.3) is 0 Å². The predicted molar refractivity (Wildman–Crippen MR) is 85.2 cm³/mol. The monoisotopic (exact) mass is 360 g/mol. The number of rotatable bonds is 10. The molecule has 0 heterocycles. The van der Waals surface area contributed by atoms with Crippen LogP contribution >= 0.6 is 0 Å². The second-order valence-electron chi connectivity index (χ2n) is 5.79. The van der Waals surface area contributed by atoms with Crippen molar-refractivity contribution in [2.75, 3.05) is 6.54 Å². The fraction of sp³-hybridized carbons (Fsp3) is 0.643. The van der Waals surface area contributed by atoms with E-state index in [1.165, 1.54) is 6.92 Å². The van der Waals surface area contributed by atoms with E-state index in [9.17, 15) is 24.0 Å². The average molecular weight is 360 g/mol. The van der Waals surface area contributed by atoms with Crippen molar-refractivity contribution in [3.8, 4) is 0 Å². The first-order valence-corrected chi connectivity index (χ1v) is 7.53. The lowest BCUT2D eigenvalue weighted by molar-refractivity contribution is -0.143. The Morgan fingerprint density at radius 3 is 1.92 bits per heavy atom. The summed E-state index contributed by atoms with van der Waals surface area (Å²) in [4.78, 5) is 57.0. The van der Waals surface area contributed by atoms with Gasteiger partial charge in [-0.25, -0.2) is 4.79 Å². The molecule has 0 bridgehead atoms. The molecule has 0 radical (unpaired) electrons. The lowest BCUT2D eigenvalue weighted by atomic mass is 10.0. The third kappa shape index (κ3) is 8.65. The fourth-order valence-electron chi connectivity index (χ4n) is 1.72. The third-order valence-electron chi connectivity index (χ3n) is 3.10. The number of hydrogen-bond donors (Lipinski definition) is 6. The van der Waals surface area contributed by atoms with Gasteiger partial charge in [0.2, 0.25) is 17.7 Å². The largest absolute Gasteiger partial charge is 0.481 e. The third-order valence-corrected chi connectivity index (χ3v) is 3.10. The van der Waals surface area contributed by atoms with E-state index in [0.717, 1.165) is 0 Å². The van der Waals surface area contributed by atoms with Crippen molar-refractivity contribution in [3.05, 3.63) is 0 Å². The second-order valence-corrected chi connectivity index (χ2v) is 5.79. The molecule has 0 spiro atoms. The van der Waals surface area contributed by atoms with E-state index in [0.29, 0.717) is 0 Å². The van der Waals surface area contributed by atoms with E-state index in [1.54, 1.807) is 13.8 Å². The van der Waals surface area contributed by atoms with E-state index in [4.69, 9.17) is 15.9 Å². The van der Waals surface area contributed by atoms with Gasteiger partial charge in [-0.15, -0.1) is 0 Å². The number of aliphatic carboxylic acids is 2. The molecule has 0 aromatic carbocycles. The number of nitrogens with one attached hydrogen (secondary N) is 3. The summed E-state index contributed by atoms with van der Waals surface area (Å²) in [6, 6.07) is -3.49. The van der Waals surface area contributed by atoms with Crippen LogP contribution in [0, 0.1) is 5.92 Å². The van der Waals surface area contributed by atoms with Crippen molar-refractivity contribution >= 4 is 29.7 Å². The van der Waals surface area contributed by atoms with Crippen LogP contribution < -0.4 is 21.7 Å². The Balaban J connectivity index is 4.73. The normalized spacial score (nSPS) is 14.1. The lowest BCUT2D eigenvalue weighted by Crippen LogP contribution is -2.54. The first kappa shape index (κ1) is 22.3. The minimum atomic E-state index is -1.41. The van der Waals surface area contributed by atoms with Crippen molar-refractivity contribution in [1.29, 1.82) is 0 Å². The van der Waals surface area contributed by atoms with Crippen molar-refractivity contribution in [1.82, 2.24) is 16.0 Å². The molecule has 11 heteroatoms. The van der Waals surface area contributed by atoms with Crippen molar-refractivity contribution in [2.24, 2.45) is 11.7 Å².